The molecular weight excluding hydrogens is 294 g/mol. The summed E-state index contributed by atoms with van der Waals surface area (Å²) in [5, 5.41) is 9.58. The van der Waals surface area contributed by atoms with Gasteiger partial charge in [0.25, 0.3) is 0 Å². The van der Waals surface area contributed by atoms with E-state index in [1.807, 2.05) is 0 Å². The normalized spacial score (nSPS) is 12.8. The summed E-state index contributed by atoms with van der Waals surface area (Å²) in [6, 6.07) is 3.31. The van der Waals surface area contributed by atoms with Crippen molar-refractivity contribution in [3.63, 3.8) is 0 Å². The van der Waals surface area contributed by atoms with Crippen molar-refractivity contribution < 1.29 is 23.1 Å². The minimum absolute atomic E-state index is 0.124. The molecule has 0 fully saturated rings. The monoisotopic (exact) mass is 305 g/mol. The van der Waals surface area contributed by atoms with Crippen molar-refractivity contribution in [1.82, 2.24) is 5.32 Å². The van der Waals surface area contributed by atoms with Gasteiger partial charge in [0, 0.05) is 7.05 Å². The molecule has 0 aliphatic carbocycles. The van der Waals surface area contributed by atoms with Crippen molar-refractivity contribution in [2.75, 3.05) is 7.05 Å². The summed E-state index contributed by atoms with van der Waals surface area (Å²) >= 11 is 5.77. The van der Waals surface area contributed by atoms with Crippen molar-refractivity contribution >= 4 is 33.3 Å². The van der Waals surface area contributed by atoms with Crippen molar-refractivity contribution in [3.05, 3.63) is 28.8 Å². The quantitative estimate of drug-likeness (QED) is 0.862. The van der Waals surface area contributed by atoms with E-state index in [4.69, 9.17) is 16.7 Å². The average Bonchev–Trinajstić information content (AvgIpc) is 2.36. The lowest BCUT2D eigenvalue weighted by Gasteiger charge is -2.13. The van der Waals surface area contributed by atoms with Crippen LogP contribution in [0.15, 0.2) is 23.1 Å². The largest absolute Gasteiger partial charge is 0.478 e. The summed E-state index contributed by atoms with van der Waals surface area (Å²) in [5.41, 5.74) is -0.216. The molecule has 0 bridgehead atoms. The van der Waals surface area contributed by atoms with E-state index < -0.39 is 27.0 Å². The van der Waals surface area contributed by atoms with Gasteiger partial charge in [-0.15, -0.1) is 0 Å². The number of hydrogen-bond acceptors (Lipinski definition) is 4. The molecule has 0 saturated carbocycles. The van der Waals surface area contributed by atoms with Gasteiger partial charge in [-0.2, -0.15) is 0 Å². The fourth-order valence-corrected chi connectivity index (χ4v) is 3.24. The zero-order chi connectivity index (χ0) is 14.8. The second kappa shape index (κ2) is 5.58. The first-order chi connectivity index (χ1) is 8.71. The lowest BCUT2D eigenvalue weighted by Crippen LogP contribution is -2.35. The van der Waals surface area contributed by atoms with Gasteiger partial charge in [0.05, 0.1) is 15.5 Å². The molecule has 6 nitrogen and oxygen atoms in total. The average molecular weight is 306 g/mol. The SMILES string of the molecule is CNC(=O)C(C)S(=O)(=O)c1cc(C(=O)O)ccc1Cl. The van der Waals surface area contributed by atoms with Gasteiger partial charge in [-0.05, 0) is 25.1 Å². The summed E-state index contributed by atoms with van der Waals surface area (Å²) < 4.78 is 24.4. The van der Waals surface area contributed by atoms with E-state index in [1.54, 1.807) is 0 Å². The number of carboxylic acids is 1. The topological polar surface area (TPSA) is 101 Å². The summed E-state index contributed by atoms with van der Waals surface area (Å²) in [7, 11) is -2.74. The number of carbonyl (C=O) groups is 2. The second-order valence-electron chi connectivity index (χ2n) is 3.75. The van der Waals surface area contributed by atoms with Crippen molar-refractivity contribution in [2.24, 2.45) is 0 Å². The molecule has 1 aromatic rings. The Morgan fingerprint density at radius 3 is 2.42 bits per heavy atom. The molecular formula is C11H12ClNO5S. The first-order valence-electron chi connectivity index (χ1n) is 5.20. The number of carbonyl (C=O) groups excluding carboxylic acids is 1. The summed E-state index contributed by atoms with van der Waals surface area (Å²) in [6.07, 6.45) is 0. The molecule has 1 rings (SSSR count). The summed E-state index contributed by atoms with van der Waals surface area (Å²) in [5.74, 6) is -1.97. The van der Waals surface area contributed by atoms with E-state index >= 15 is 0 Å². The van der Waals surface area contributed by atoms with Gasteiger partial charge in [-0.25, -0.2) is 13.2 Å². The van der Waals surface area contributed by atoms with Crippen molar-refractivity contribution in [3.8, 4) is 0 Å². The molecule has 0 spiro atoms. The molecule has 0 aliphatic heterocycles. The Hall–Kier alpha value is -1.60. The highest BCUT2D eigenvalue weighted by Crippen LogP contribution is 2.26. The molecule has 0 saturated heterocycles. The Bertz CT molecular complexity index is 626. The molecule has 0 heterocycles. The number of benzene rings is 1. The van der Waals surface area contributed by atoms with Gasteiger partial charge >= 0.3 is 5.97 Å². The molecule has 1 unspecified atom stereocenters. The Balaban J connectivity index is 3.40. The van der Waals surface area contributed by atoms with Crippen LogP contribution >= 0.6 is 11.6 Å². The molecule has 1 aromatic carbocycles. The van der Waals surface area contributed by atoms with E-state index in [2.05, 4.69) is 5.32 Å². The number of rotatable bonds is 4. The highest BCUT2D eigenvalue weighted by molar-refractivity contribution is 7.92. The maximum Gasteiger partial charge on any atom is 0.335 e. The first-order valence-corrected chi connectivity index (χ1v) is 7.12. The molecule has 0 aromatic heterocycles. The zero-order valence-corrected chi connectivity index (χ0v) is 11.7. The number of sulfone groups is 1. The fourth-order valence-electron chi connectivity index (χ4n) is 1.39. The molecule has 1 amide bonds. The van der Waals surface area contributed by atoms with Crippen molar-refractivity contribution in [2.45, 2.75) is 17.1 Å². The number of halogens is 1. The van der Waals surface area contributed by atoms with Crippen LogP contribution in [0.3, 0.4) is 0 Å². The number of carboxylic acid groups (broad SMARTS) is 1. The van der Waals surface area contributed by atoms with E-state index in [-0.39, 0.29) is 15.5 Å². The van der Waals surface area contributed by atoms with Gasteiger partial charge in [-0.3, -0.25) is 4.79 Å². The second-order valence-corrected chi connectivity index (χ2v) is 6.40. The van der Waals surface area contributed by atoms with E-state index in [9.17, 15) is 18.0 Å². The van der Waals surface area contributed by atoms with E-state index in [1.165, 1.54) is 26.1 Å². The van der Waals surface area contributed by atoms with Gasteiger partial charge in [0.2, 0.25) is 5.91 Å². The van der Waals surface area contributed by atoms with Crippen LogP contribution in [-0.2, 0) is 14.6 Å². The Labute approximate surface area is 115 Å². The highest BCUT2D eigenvalue weighted by atomic mass is 35.5. The van der Waals surface area contributed by atoms with E-state index in [0.29, 0.717) is 0 Å². The third-order valence-corrected chi connectivity index (χ3v) is 5.10. The highest BCUT2D eigenvalue weighted by Gasteiger charge is 2.31. The molecule has 104 valence electrons. The van der Waals surface area contributed by atoms with Gasteiger partial charge in [0.15, 0.2) is 9.84 Å². The number of aromatic carboxylic acids is 1. The Morgan fingerprint density at radius 1 is 1.37 bits per heavy atom. The minimum atomic E-state index is -4.04. The van der Waals surface area contributed by atoms with Crippen LogP contribution in [0, 0.1) is 0 Å². The molecule has 0 radical (unpaired) electrons. The van der Waals surface area contributed by atoms with Crippen LogP contribution in [0.4, 0.5) is 0 Å². The van der Waals surface area contributed by atoms with Gasteiger partial charge in [0.1, 0.15) is 5.25 Å². The van der Waals surface area contributed by atoms with Crippen LogP contribution < -0.4 is 5.32 Å². The summed E-state index contributed by atoms with van der Waals surface area (Å²) in [4.78, 5) is 21.9. The standard InChI is InChI=1S/C11H12ClNO5S/c1-6(10(14)13-2)19(17,18)9-5-7(11(15)16)3-4-8(9)12/h3-6H,1-2H3,(H,13,14)(H,15,16). The number of hydrogen-bond donors (Lipinski definition) is 2. The van der Waals surface area contributed by atoms with Crippen LogP contribution in [0.2, 0.25) is 5.02 Å². The molecule has 0 aliphatic rings. The molecule has 1 atom stereocenters. The predicted molar refractivity (Wildman–Crippen MR) is 69.1 cm³/mol. The smallest absolute Gasteiger partial charge is 0.335 e. The maximum atomic E-state index is 12.2. The van der Waals surface area contributed by atoms with Crippen LogP contribution in [0.1, 0.15) is 17.3 Å². The Kier molecular flexibility index (Phi) is 4.54. The maximum absolute atomic E-state index is 12.2. The van der Waals surface area contributed by atoms with Gasteiger partial charge < -0.3 is 10.4 Å². The lowest BCUT2D eigenvalue weighted by atomic mass is 10.2. The third-order valence-electron chi connectivity index (χ3n) is 2.57. The number of amides is 1. The fraction of sp³-hybridized carbons (Fsp3) is 0.273. The molecule has 19 heavy (non-hydrogen) atoms. The van der Waals surface area contributed by atoms with Gasteiger partial charge in [-0.1, -0.05) is 11.6 Å². The van der Waals surface area contributed by atoms with Crippen molar-refractivity contribution in [1.29, 1.82) is 0 Å². The Morgan fingerprint density at radius 2 is 1.95 bits per heavy atom. The van der Waals surface area contributed by atoms with Crippen LogP contribution in [0.25, 0.3) is 0 Å². The van der Waals surface area contributed by atoms with Crippen LogP contribution in [0.5, 0.6) is 0 Å². The first kappa shape index (κ1) is 15.5. The minimum Gasteiger partial charge on any atom is -0.478 e. The number of nitrogens with one attached hydrogen (secondary N) is 1. The molecule has 8 heteroatoms. The summed E-state index contributed by atoms with van der Waals surface area (Å²) in [6.45, 7) is 1.21. The molecule has 2 N–H and O–H groups in total. The van der Waals surface area contributed by atoms with E-state index in [0.717, 1.165) is 6.07 Å². The third kappa shape index (κ3) is 3.05. The zero-order valence-electron chi connectivity index (χ0n) is 10.2. The lowest BCUT2D eigenvalue weighted by molar-refractivity contribution is -0.119. The predicted octanol–water partition coefficient (Wildman–Crippen LogP) is 0.946. The van der Waals surface area contributed by atoms with Crippen LogP contribution in [-0.4, -0.2) is 37.7 Å².